The molecule has 2 aliphatic carbocycles. The fourth-order valence-electron chi connectivity index (χ4n) is 3.30. The lowest BCUT2D eigenvalue weighted by atomic mass is 9.95. The summed E-state index contributed by atoms with van der Waals surface area (Å²) in [6.45, 7) is 1.29. The van der Waals surface area contributed by atoms with Crippen molar-refractivity contribution in [2.45, 2.75) is 51.1 Å². The predicted molar refractivity (Wildman–Crippen MR) is 91.7 cm³/mol. The Morgan fingerprint density at radius 2 is 2.12 bits per heavy atom. The Morgan fingerprint density at radius 1 is 1.25 bits per heavy atom. The van der Waals surface area contributed by atoms with Crippen molar-refractivity contribution >= 4 is 6.03 Å². The Kier molecular flexibility index (Phi) is 4.19. The van der Waals surface area contributed by atoms with Gasteiger partial charge in [-0.3, -0.25) is 9.67 Å². The highest BCUT2D eigenvalue weighted by Gasteiger charge is 2.24. The molecule has 6 heteroatoms. The summed E-state index contributed by atoms with van der Waals surface area (Å²) in [5.41, 5.74) is 4.59. The van der Waals surface area contributed by atoms with Crippen LogP contribution in [0.1, 0.15) is 36.9 Å². The van der Waals surface area contributed by atoms with Crippen molar-refractivity contribution in [1.29, 1.82) is 0 Å². The number of nitrogens with zero attached hydrogens (tertiary/aromatic N) is 3. The SMILES string of the molecule is O=C(NCCn1nc(-c2ccccn2)c2c1CCCC2)NC1CC1. The van der Waals surface area contributed by atoms with Gasteiger partial charge in [0.15, 0.2) is 0 Å². The lowest BCUT2D eigenvalue weighted by Crippen LogP contribution is -2.38. The van der Waals surface area contributed by atoms with Crippen LogP contribution in [0.25, 0.3) is 11.4 Å². The maximum Gasteiger partial charge on any atom is 0.315 e. The molecule has 2 heterocycles. The van der Waals surface area contributed by atoms with Gasteiger partial charge in [-0.05, 0) is 50.7 Å². The molecule has 126 valence electrons. The third-order valence-corrected chi connectivity index (χ3v) is 4.69. The maximum absolute atomic E-state index is 11.7. The zero-order valence-electron chi connectivity index (χ0n) is 13.8. The molecule has 0 atom stereocenters. The molecule has 2 aromatic heterocycles. The first-order chi connectivity index (χ1) is 11.8. The molecule has 24 heavy (non-hydrogen) atoms. The topological polar surface area (TPSA) is 71.8 Å². The van der Waals surface area contributed by atoms with Crippen molar-refractivity contribution in [2.75, 3.05) is 6.54 Å². The van der Waals surface area contributed by atoms with E-state index >= 15 is 0 Å². The van der Waals surface area contributed by atoms with Gasteiger partial charge in [0.25, 0.3) is 0 Å². The molecule has 2 aromatic rings. The summed E-state index contributed by atoms with van der Waals surface area (Å²) in [6, 6.07) is 6.26. The van der Waals surface area contributed by atoms with Gasteiger partial charge in [-0.1, -0.05) is 6.07 Å². The number of fused-ring (bicyclic) bond motifs is 1. The Bertz CT molecular complexity index is 721. The Balaban J connectivity index is 1.48. The summed E-state index contributed by atoms with van der Waals surface area (Å²) in [4.78, 5) is 16.2. The molecule has 0 aromatic carbocycles. The Labute approximate surface area is 141 Å². The number of hydrogen-bond acceptors (Lipinski definition) is 3. The van der Waals surface area contributed by atoms with E-state index < -0.39 is 0 Å². The molecule has 1 saturated carbocycles. The molecule has 4 rings (SSSR count). The van der Waals surface area contributed by atoms with E-state index in [2.05, 4.69) is 20.3 Å². The minimum absolute atomic E-state index is 0.0662. The van der Waals surface area contributed by atoms with Crippen molar-refractivity contribution in [3.05, 3.63) is 35.7 Å². The first-order valence-electron chi connectivity index (χ1n) is 8.85. The third-order valence-electron chi connectivity index (χ3n) is 4.69. The van der Waals surface area contributed by atoms with Crippen molar-refractivity contribution in [3.8, 4) is 11.4 Å². The van der Waals surface area contributed by atoms with Crippen molar-refractivity contribution < 1.29 is 4.79 Å². The summed E-state index contributed by atoms with van der Waals surface area (Å²) in [7, 11) is 0. The first-order valence-corrected chi connectivity index (χ1v) is 8.85. The van der Waals surface area contributed by atoms with E-state index in [0.29, 0.717) is 19.1 Å². The summed E-state index contributed by atoms with van der Waals surface area (Å²) < 4.78 is 2.07. The van der Waals surface area contributed by atoms with E-state index in [1.54, 1.807) is 0 Å². The smallest absolute Gasteiger partial charge is 0.315 e. The van der Waals surface area contributed by atoms with Gasteiger partial charge >= 0.3 is 6.03 Å². The molecular formula is C18H23N5O. The van der Waals surface area contributed by atoms with E-state index in [9.17, 15) is 4.79 Å². The summed E-state index contributed by atoms with van der Waals surface area (Å²) in [5, 5.41) is 10.7. The van der Waals surface area contributed by atoms with E-state index in [-0.39, 0.29) is 6.03 Å². The van der Waals surface area contributed by atoms with Crippen molar-refractivity contribution in [2.24, 2.45) is 0 Å². The first kappa shape index (κ1) is 15.2. The van der Waals surface area contributed by atoms with Gasteiger partial charge in [0.1, 0.15) is 5.69 Å². The largest absolute Gasteiger partial charge is 0.336 e. The van der Waals surface area contributed by atoms with Gasteiger partial charge in [-0.15, -0.1) is 0 Å². The second kappa shape index (κ2) is 6.63. The summed E-state index contributed by atoms with van der Waals surface area (Å²) in [5.74, 6) is 0. The molecule has 0 spiro atoms. The van der Waals surface area contributed by atoms with E-state index in [4.69, 9.17) is 5.10 Å². The average Bonchev–Trinajstić information content (AvgIpc) is 3.35. The maximum atomic E-state index is 11.7. The number of rotatable bonds is 5. The Morgan fingerprint density at radius 3 is 2.92 bits per heavy atom. The third kappa shape index (κ3) is 3.27. The number of amides is 2. The molecule has 0 bridgehead atoms. The fourth-order valence-corrected chi connectivity index (χ4v) is 3.30. The molecule has 6 nitrogen and oxygen atoms in total. The molecule has 0 aliphatic heterocycles. The molecule has 1 fully saturated rings. The summed E-state index contributed by atoms with van der Waals surface area (Å²) >= 11 is 0. The number of carbonyl (C=O) groups excluding carboxylic acids is 1. The molecule has 0 unspecified atom stereocenters. The van der Waals surface area contributed by atoms with Crippen LogP contribution in [0.15, 0.2) is 24.4 Å². The monoisotopic (exact) mass is 325 g/mol. The van der Waals surface area contributed by atoms with Gasteiger partial charge in [0, 0.05) is 30.0 Å². The standard InChI is InChI=1S/C18H23N5O/c24-18(21-13-8-9-13)20-11-12-23-16-7-2-1-5-14(16)17(22-23)15-6-3-4-10-19-15/h3-4,6,10,13H,1-2,5,7-9,11-12H2,(H2,20,21,24). The van der Waals surface area contributed by atoms with Gasteiger partial charge in [-0.25, -0.2) is 4.79 Å². The number of carbonyl (C=O) groups is 1. The minimum Gasteiger partial charge on any atom is -0.336 e. The van der Waals surface area contributed by atoms with Crippen LogP contribution in [-0.2, 0) is 19.4 Å². The number of aromatic nitrogens is 3. The van der Waals surface area contributed by atoms with Crippen LogP contribution in [0, 0.1) is 0 Å². The fraction of sp³-hybridized carbons (Fsp3) is 0.500. The van der Waals surface area contributed by atoms with Gasteiger partial charge < -0.3 is 10.6 Å². The van der Waals surface area contributed by atoms with Crippen LogP contribution < -0.4 is 10.6 Å². The average molecular weight is 325 g/mol. The van der Waals surface area contributed by atoms with E-state index in [0.717, 1.165) is 37.1 Å². The lowest BCUT2D eigenvalue weighted by molar-refractivity contribution is 0.240. The van der Waals surface area contributed by atoms with E-state index in [1.165, 1.54) is 24.1 Å². The zero-order valence-corrected chi connectivity index (χ0v) is 13.8. The van der Waals surface area contributed by atoms with Crippen molar-refractivity contribution in [3.63, 3.8) is 0 Å². The van der Waals surface area contributed by atoms with Crippen LogP contribution in [0.4, 0.5) is 4.79 Å². The van der Waals surface area contributed by atoms with Gasteiger partial charge in [0.05, 0.1) is 12.2 Å². The number of hydrogen-bond donors (Lipinski definition) is 2. The van der Waals surface area contributed by atoms with Crippen LogP contribution in [0.5, 0.6) is 0 Å². The normalized spacial score (nSPS) is 16.5. The number of nitrogens with one attached hydrogen (secondary N) is 2. The Hall–Kier alpha value is -2.37. The molecular weight excluding hydrogens is 302 g/mol. The molecule has 2 amide bonds. The number of urea groups is 1. The number of pyridine rings is 1. The zero-order chi connectivity index (χ0) is 16.4. The second-order valence-corrected chi connectivity index (χ2v) is 6.59. The highest BCUT2D eigenvalue weighted by atomic mass is 16.2. The molecule has 2 N–H and O–H groups in total. The van der Waals surface area contributed by atoms with Gasteiger partial charge in [-0.2, -0.15) is 5.10 Å². The summed E-state index contributed by atoms with van der Waals surface area (Å²) in [6.07, 6.45) is 8.56. The molecule has 0 radical (unpaired) electrons. The van der Waals surface area contributed by atoms with Crippen LogP contribution in [0.3, 0.4) is 0 Å². The quantitative estimate of drug-likeness (QED) is 0.886. The molecule has 0 saturated heterocycles. The van der Waals surface area contributed by atoms with Crippen molar-refractivity contribution in [1.82, 2.24) is 25.4 Å². The lowest BCUT2D eigenvalue weighted by Gasteiger charge is -2.14. The highest BCUT2D eigenvalue weighted by Crippen LogP contribution is 2.30. The van der Waals surface area contributed by atoms with Crippen LogP contribution >= 0.6 is 0 Å². The minimum atomic E-state index is -0.0662. The highest BCUT2D eigenvalue weighted by molar-refractivity contribution is 5.74. The van der Waals surface area contributed by atoms with Crippen LogP contribution in [-0.4, -0.2) is 33.4 Å². The van der Waals surface area contributed by atoms with Crippen LogP contribution in [0.2, 0.25) is 0 Å². The molecule has 2 aliphatic rings. The second-order valence-electron chi connectivity index (χ2n) is 6.59. The van der Waals surface area contributed by atoms with E-state index in [1.807, 2.05) is 24.4 Å². The predicted octanol–water partition coefficient (Wildman–Crippen LogP) is 2.29. The van der Waals surface area contributed by atoms with Gasteiger partial charge in [0.2, 0.25) is 0 Å².